The van der Waals surface area contributed by atoms with Crippen molar-refractivity contribution in [3.63, 3.8) is 0 Å². The van der Waals surface area contributed by atoms with Gasteiger partial charge in [0.1, 0.15) is 0 Å². The topological polar surface area (TPSA) is 61.4 Å². The van der Waals surface area contributed by atoms with Crippen molar-refractivity contribution in [3.8, 4) is 0 Å². The number of piperidine rings is 1. The van der Waals surface area contributed by atoms with E-state index in [4.69, 9.17) is 0 Å². The zero-order valence-corrected chi connectivity index (χ0v) is 14.4. The van der Waals surface area contributed by atoms with Crippen molar-refractivity contribution in [1.82, 2.24) is 5.32 Å². The molecule has 5 heteroatoms. The third kappa shape index (κ3) is 4.08. The number of hydrogen-bond acceptors (Lipinski definition) is 3. The number of rotatable bonds is 6. The molecular formula is C19H27N3O2. The number of carbonyl (C=O) groups is 2. The number of carbonyl (C=O) groups excluding carboxylic acids is 2. The van der Waals surface area contributed by atoms with Crippen LogP contribution < -0.4 is 15.5 Å². The first-order chi connectivity index (χ1) is 11.7. The maximum Gasteiger partial charge on any atom is 0.253 e. The van der Waals surface area contributed by atoms with Crippen LogP contribution in [0, 0.1) is 5.92 Å². The van der Waals surface area contributed by atoms with E-state index in [-0.39, 0.29) is 17.7 Å². The van der Waals surface area contributed by atoms with Gasteiger partial charge in [-0.3, -0.25) is 9.59 Å². The smallest absolute Gasteiger partial charge is 0.253 e. The molecule has 1 heterocycles. The van der Waals surface area contributed by atoms with Crippen molar-refractivity contribution in [2.75, 3.05) is 29.9 Å². The van der Waals surface area contributed by atoms with E-state index in [1.807, 2.05) is 25.1 Å². The maximum atomic E-state index is 12.6. The predicted octanol–water partition coefficient (Wildman–Crippen LogP) is 3.17. The van der Waals surface area contributed by atoms with E-state index < -0.39 is 0 Å². The first-order valence-corrected chi connectivity index (χ1v) is 9.17. The van der Waals surface area contributed by atoms with E-state index in [1.54, 1.807) is 0 Å². The van der Waals surface area contributed by atoms with Crippen molar-refractivity contribution in [2.45, 2.75) is 45.4 Å². The fourth-order valence-corrected chi connectivity index (χ4v) is 3.13. The summed E-state index contributed by atoms with van der Waals surface area (Å²) in [5.74, 6) is 0.171. The van der Waals surface area contributed by atoms with E-state index in [2.05, 4.69) is 15.5 Å². The van der Waals surface area contributed by atoms with Gasteiger partial charge in [0.05, 0.1) is 5.56 Å². The SMILES string of the molecule is CCCNC(=O)c1cc(NC(=O)C2CC2)ccc1N1CCCCC1. The Balaban J connectivity index is 1.82. The fraction of sp³-hybridized carbons (Fsp3) is 0.579. The Hall–Kier alpha value is -2.04. The monoisotopic (exact) mass is 329 g/mol. The molecule has 2 amide bonds. The normalized spacial score (nSPS) is 17.5. The summed E-state index contributed by atoms with van der Waals surface area (Å²) in [6.45, 7) is 4.68. The third-order valence-corrected chi connectivity index (χ3v) is 4.69. The molecule has 0 aromatic heterocycles. The second kappa shape index (κ2) is 7.69. The molecule has 24 heavy (non-hydrogen) atoms. The van der Waals surface area contributed by atoms with Crippen LogP contribution in [0.15, 0.2) is 18.2 Å². The van der Waals surface area contributed by atoms with Crippen LogP contribution in [0.2, 0.25) is 0 Å². The summed E-state index contributed by atoms with van der Waals surface area (Å²) in [4.78, 5) is 26.9. The van der Waals surface area contributed by atoms with Crippen LogP contribution in [0.3, 0.4) is 0 Å². The second-order valence-corrected chi connectivity index (χ2v) is 6.80. The lowest BCUT2D eigenvalue weighted by Gasteiger charge is -2.30. The van der Waals surface area contributed by atoms with Gasteiger partial charge in [-0.2, -0.15) is 0 Å². The summed E-state index contributed by atoms with van der Waals surface area (Å²) in [5, 5.41) is 5.91. The Morgan fingerprint density at radius 3 is 2.58 bits per heavy atom. The molecule has 0 atom stereocenters. The molecular weight excluding hydrogens is 302 g/mol. The molecule has 2 fully saturated rings. The van der Waals surface area contributed by atoms with E-state index >= 15 is 0 Å². The lowest BCUT2D eigenvalue weighted by Crippen LogP contribution is -2.33. The Morgan fingerprint density at radius 2 is 1.92 bits per heavy atom. The first kappa shape index (κ1) is 16.8. The number of benzene rings is 1. The Labute approximate surface area is 143 Å². The zero-order chi connectivity index (χ0) is 16.9. The van der Waals surface area contributed by atoms with Gasteiger partial charge in [-0.25, -0.2) is 0 Å². The van der Waals surface area contributed by atoms with Gasteiger partial charge in [0.25, 0.3) is 5.91 Å². The van der Waals surface area contributed by atoms with Crippen LogP contribution in [-0.2, 0) is 4.79 Å². The molecule has 0 bridgehead atoms. The van der Waals surface area contributed by atoms with Crippen molar-refractivity contribution in [1.29, 1.82) is 0 Å². The molecule has 1 aromatic carbocycles. The van der Waals surface area contributed by atoms with Crippen molar-refractivity contribution < 1.29 is 9.59 Å². The van der Waals surface area contributed by atoms with E-state index in [0.29, 0.717) is 17.8 Å². The van der Waals surface area contributed by atoms with Crippen molar-refractivity contribution in [3.05, 3.63) is 23.8 Å². The second-order valence-electron chi connectivity index (χ2n) is 6.80. The molecule has 1 aliphatic carbocycles. The van der Waals surface area contributed by atoms with Crippen LogP contribution in [0.25, 0.3) is 0 Å². The van der Waals surface area contributed by atoms with Gasteiger partial charge < -0.3 is 15.5 Å². The highest BCUT2D eigenvalue weighted by Crippen LogP contribution is 2.31. The van der Waals surface area contributed by atoms with Crippen molar-refractivity contribution >= 4 is 23.2 Å². The zero-order valence-electron chi connectivity index (χ0n) is 14.4. The largest absolute Gasteiger partial charge is 0.371 e. The minimum Gasteiger partial charge on any atom is -0.371 e. The Bertz CT molecular complexity index is 605. The molecule has 1 aromatic rings. The van der Waals surface area contributed by atoms with Gasteiger partial charge in [0.15, 0.2) is 0 Å². The number of amides is 2. The van der Waals surface area contributed by atoms with Gasteiger partial charge in [-0.15, -0.1) is 0 Å². The molecule has 3 rings (SSSR count). The highest BCUT2D eigenvalue weighted by molar-refractivity contribution is 6.02. The number of hydrogen-bond donors (Lipinski definition) is 2. The van der Waals surface area contributed by atoms with Gasteiger partial charge >= 0.3 is 0 Å². The molecule has 5 nitrogen and oxygen atoms in total. The molecule has 2 N–H and O–H groups in total. The van der Waals surface area contributed by atoms with Crippen LogP contribution in [0.4, 0.5) is 11.4 Å². The molecule has 0 spiro atoms. The van der Waals surface area contributed by atoms with Gasteiger partial charge in [0.2, 0.25) is 5.91 Å². The summed E-state index contributed by atoms with van der Waals surface area (Å²) in [5.41, 5.74) is 2.36. The standard InChI is InChI=1S/C19H27N3O2/c1-2-10-20-19(24)16-13-15(21-18(23)14-6-7-14)8-9-17(16)22-11-4-3-5-12-22/h8-9,13-14H,2-7,10-12H2,1H3,(H,20,24)(H,21,23). The van der Waals surface area contributed by atoms with Gasteiger partial charge in [-0.05, 0) is 56.7 Å². The quantitative estimate of drug-likeness (QED) is 0.843. The Morgan fingerprint density at radius 1 is 1.17 bits per heavy atom. The molecule has 130 valence electrons. The third-order valence-electron chi connectivity index (χ3n) is 4.69. The fourth-order valence-electron chi connectivity index (χ4n) is 3.13. The molecule has 1 saturated carbocycles. The summed E-state index contributed by atoms with van der Waals surface area (Å²) >= 11 is 0. The van der Waals surface area contributed by atoms with Crippen LogP contribution in [-0.4, -0.2) is 31.4 Å². The van der Waals surface area contributed by atoms with Gasteiger partial charge in [0, 0.05) is 36.9 Å². The minimum atomic E-state index is -0.0556. The molecule has 0 unspecified atom stereocenters. The van der Waals surface area contributed by atoms with Crippen LogP contribution in [0.1, 0.15) is 55.8 Å². The number of nitrogens with one attached hydrogen (secondary N) is 2. The molecule has 2 aliphatic rings. The molecule has 0 radical (unpaired) electrons. The average Bonchev–Trinajstić information content (AvgIpc) is 3.45. The molecule has 1 saturated heterocycles. The highest BCUT2D eigenvalue weighted by atomic mass is 16.2. The predicted molar refractivity (Wildman–Crippen MR) is 96.5 cm³/mol. The van der Waals surface area contributed by atoms with E-state index in [1.165, 1.54) is 6.42 Å². The number of anilines is 2. The lowest BCUT2D eigenvalue weighted by molar-refractivity contribution is -0.117. The van der Waals surface area contributed by atoms with Crippen LogP contribution in [0.5, 0.6) is 0 Å². The lowest BCUT2D eigenvalue weighted by atomic mass is 10.1. The van der Waals surface area contributed by atoms with E-state index in [9.17, 15) is 9.59 Å². The molecule has 1 aliphatic heterocycles. The number of nitrogens with zero attached hydrogens (tertiary/aromatic N) is 1. The minimum absolute atomic E-state index is 0.0556. The first-order valence-electron chi connectivity index (χ1n) is 9.17. The van der Waals surface area contributed by atoms with Crippen molar-refractivity contribution in [2.24, 2.45) is 5.92 Å². The summed E-state index contributed by atoms with van der Waals surface area (Å²) in [6.07, 6.45) is 6.43. The Kier molecular flexibility index (Phi) is 5.38. The van der Waals surface area contributed by atoms with Gasteiger partial charge in [-0.1, -0.05) is 6.92 Å². The highest BCUT2D eigenvalue weighted by Gasteiger charge is 2.30. The summed E-state index contributed by atoms with van der Waals surface area (Å²) in [6, 6.07) is 5.73. The van der Waals surface area contributed by atoms with Crippen LogP contribution >= 0.6 is 0 Å². The summed E-state index contributed by atoms with van der Waals surface area (Å²) in [7, 11) is 0. The maximum absolute atomic E-state index is 12.6. The van der Waals surface area contributed by atoms with E-state index in [0.717, 1.165) is 50.9 Å². The summed E-state index contributed by atoms with van der Waals surface area (Å²) < 4.78 is 0. The average molecular weight is 329 g/mol.